The van der Waals surface area contributed by atoms with Crippen LogP contribution in [0.4, 0.5) is 10.6 Å². The summed E-state index contributed by atoms with van der Waals surface area (Å²) < 4.78 is 5.02. The molecule has 2 heterocycles. The Bertz CT molecular complexity index is 1350. The van der Waals surface area contributed by atoms with E-state index in [0.717, 1.165) is 11.1 Å². The number of ether oxygens (including phenoxy) is 1. The van der Waals surface area contributed by atoms with Crippen molar-refractivity contribution in [2.24, 2.45) is 0 Å². The first-order chi connectivity index (χ1) is 19.5. The zero-order valence-corrected chi connectivity index (χ0v) is 22.2. The summed E-state index contributed by atoms with van der Waals surface area (Å²) >= 11 is 0. The fraction of sp³-hybridized carbons (Fsp3) is 0.310. The molecule has 0 saturated carbocycles. The molecule has 3 aromatic rings. The van der Waals surface area contributed by atoms with Crippen LogP contribution in [0.25, 0.3) is 11.4 Å². The van der Waals surface area contributed by atoms with E-state index in [9.17, 15) is 19.6 Å². The highest BCUT2D eigenvalue weighted by atomic mass is 16.6. The number of benzene rings is 2. The van der Waals surface area contributed by atoms with Gasteiger partial charge in [-0.15, -0.1) is 0 Å². The van der Waals surface area contributed by atoms with Crippen molar-refractivity contribution in [1.29, 1.82) is 5.26 Å². The first-order valence-electron chi connectivity index (χ1n) is 13.1. The summed E-state index contributed by atoms with van der Waals surface area (Å²) in [6.07, 6.45) is -0.635. The minimum atomic E-state index is -1.07. The van der Waals surface area contributed by atoms with Crippen molar-refractivity contribution < 1.29 is 19.1 Å². The third-order valence-corrected chi connectivity index (χ3v) is 6.32. The Hall–Kier alpha value is -4.98. The van der Waals surface area contributed by atoms with E-state index in [1.165, 1.54) is 11.0 Å². The van der Waals surface area contributed by atoms with Crippen LogP contribution in [0.5, 0.6) is 0 Å². The fourth-order valence-corrected chi connectivity index (χ4v) is 4.23. The van der Waals surface area contributed by atoms with Crippen LogP contribution >= 0.6 is 0 Å². The SMILES string of the molecule is CCOC(=O)N1CCN(C(=O)C(CC#N)NC(=O)c2cc(NCc3ccccc3)nc(-c3ccccc3)n2)CC1. The van der Waals surface area contributed by atoms with Crippen molar-refractivity contribution in [3.8, 4) is 17.5 Å². The van der Waals surface area contributed by atoms with E-state index in [2.05, 4.69) is 20.6 Å². The third-order valence-electron chi connectivity index (χ3n) is 6.32. The van der Waals surface area contributed by atoms with Crippen molar-refractivity contribution in [2.45, 2.75) is 25.9 Å². The fourth-order valence-electron chi connectivity index (χ4n) is 4.23. The van der Waals surface area contributed by atoms with Gasteiger partial charge in [0.1, 0.15) is 17.6 Å². The summed E-state index contributed by atoms with van der Waals surface area (Å²) in [4.78, 5) is 50.7. The lowest BCUT2D eigenvalue weighted by Crippen LogP contribution is -2.55. The van der Waals surface area contributed by atoms with Crippen molar-refractivity contribution in [1.82, 2.24) is 25.1 Å². The summed E-state index contributed by atoms with van der Waals surface area (Å²) in [5.41, 5.74) is 1.83. The van der Waals surface area contributed by atoms with E-state index < -0.39 is 23.9 Å². The molecule has 0 radical (unpaired) electrons. The molecular weight excluding hydrogens is 510 g/mol. The first kappa shape index (κ1) is 28.0. The maximum absolute atomic E-state index is 13.4. The van der Waals surface area contributed by atoms with Gasteiger partial charge in [0.15, 0.2) is 5.82 Å². The van der Waals surface area contributed by atoms with E-state index in [4.69, 9.17) is 4.74 Å². The molecule has 206 valence electrons. The number of rotatable bonds is 9. The van der Waals surface area contributed by atoms with Gasteiger partial charge >= 0.3 is 6.09 Å². The molecule has 1 saturated heterocycles. The van der Waals surface area contributed by atoms with Crippen LogP contribution in [-0.2, 0) is 16.1 Å². The van der Waals surface area contributed by atoms with Gasteiger partial charge in [0.05, 0.1) is 19.1 Å². The van der Waals surface area contributed by atoms with Crippen molar-refractivity contribution >= 4 is 23.7 Å². The molecule has 0 spiro atoms. The lowest BCUT2D eigenvalue weighted by atomic mass is 10.1. The number of carbonyl (C=O) groups excluding carboxylic acids is 3. The number of nitriles is 1. The van der Waals surface area contributed by atoms with Crippen LogP contribution < -0.4 is 10.6 Å². The number of amides is 3. The smallest absolute Gasteiger partial charge is 0.409 e. The summed E-state index contributed by atoms with van der Waals surface area (Å²) in [6, 6.07) is 21.5. The standard InChI is InChI=1S/C29H31N7O4/c1-2-40-29(39)36-17-15-35(16-18-36)28(38)23(13-14-30)33-27(37)24-19-25(31-20-21-9-5-3-6-10-21)34-26(32-24)22-11-7-4-8-12-22/h3-12,19,23H,2,13,15-18,20H2,1H3,(H,33,37)(H,31,32,34). The van der Waals surface area contributed by atoms with Crippen molar-refractivity contribution in [3.63, 3.8) is 0 Å². The monoisotopic (exact) mass is 541 g/mol. The Balaban J connectivity index is 1.50. The number of hydrogen-bond donors (Lipinski definition) is 2. The van der Waals surface area contributed by atoms with Gasteiger partial charge in [-0.3, -0.25) is 9.59 Å². The minimum Gasteiger partial charge on any atom is -0.450 e. The molecule has 1 aliphatic heterocycles. The molecule has 3 amide bonds. The van der Waals surface area contributed by atoms with Gasteiger partial charge in [-0.05, 0) is 12.5 Å². The lowest BCUT2D eigenvalue weighted by molar-refractivity contribution is -0.134. The average molecular weight is 542 g/mol. The van der Waals surface area contributed by atoms with Gasteiger partial charge in [0.25, 0.3) is 5.91 Å². The van der Waals surface area contributed by atoms with E-state index in [1.807, 2.05) is 66.7 Å². The zero-order chi connectivity index (χ0) is 28.3. The normalized spacial score (nSPS) is 13.6. The quantitative estimate of drug-likeness (QED) is 0.421. The number of nitrogens with zero attached hydrogens (tertiary/aromatic N) is 5. The van der Waals surface area contributed by atoms with E-state index >= 15 is 0 Å². The van der Waals surface area contributed by atoms with E-state index in [-0.39, 0.29) is 31.8 Å². The number of hydrogen-bond acceptors (Lipinski definition) is 8. The second-order valence-corrected chi connectivity index (χ2v) is 9.07. The maximum Gasteiger partial charge on any atom is 0.409 e. The van der Waals surface area contributed by atoms with Crippen LogP contribution in [0.2, 0.25) is 0 Å². The van der Waals surface area contributed by atoms with Gasteiger partial charge in [-0.25, -0.2) is 14.8 Å². The number of carbonyl (C=O) groups is 3. The predicted molar refractivity (Wildman–Crippen MR) is 148 cm³/mol. The molecule has 1 atom stereocenters. The van der Waals surface area contributed by atoms with Gasteiger partial charge in [0, 0.05) is 44.4 Å². The summed E-state index contributed by atoms with van der Waals surface area (Å²) in [7, 11) is 0. The van der Waals surface area contributed by atoms with Crippen LogP contribution in [0.3, 0.4) is 0 Å². The van der Waals surface area contributed by atoms with Gasteiger partial charge < -0.3 is 25.2 Å². The van der Waals surface area contributed by atoms with Gasteiger partial charge in [0.2, 0.25) is 5.91 Å². The number of anilines is 1. The summed E-state index contributed by atoms with van der Waals surface area (Å²) in [5.74, 6) is -0.192. The molecule has 1 aromatic heterocycles. The van der Waals surface area contributed by atoms with Crippen LogP contribution in [0.15, 0.2) is 66.7 Å². The predicted octanol–water partition coefficient (Wildman–Crippen LogP) is 3.07. The molecule has 0 bridgehead atoms. The van der Waals surface area contributed by atoms with E-state index in [1.54, 1.807) is 11.8 Å². The Morgan fingerprint density at radius 3 is 2.27 bits per heavy atom. The van der Waals surface area contributed by atoms with Crippen LogP contribution in [0, 0.1) is 11.3 Å². The van der Waals surface area contributed by atoms with Crippen molar-refractivity contribution in [2.75, 3.05) is 38.1 Å². The Kier molecular flexibility index (Phi) is 9.61. The topological polar surface area (TPSA) is 141 Å². The highest BCUT2D eigenvalue weighted by Gasteiger charge is 2.31. The average Bonchev–Trinajstić information content (AvgIpc) is 3.00. The Morgan fingerprint density at radius 2 is 1.62 bits per heavy atom. The van der Waals surface area contributed by atoms with Crippen LogP contribution in [-0.4, -0.2) is 76.5 Å². The Labute approximate surface area is 232 Å². The number of aromatic nitrogens is 2. The van der Waals surface area contributed by atoms with Gasteiger partial charge in [-0.2, -0.15) is 5.26 Å². The maximum atomic E-state index is 13.4. The molecule has 1 unspecified atom stereocenters. The summed E-state index contributed by atoms with van der Waals surface area (Å²) in [5, 5.41) is 15.3. The third kappa shape index (κ3) is 7.32. The second-order valence-electron chi connectivity index (χ2n) is 9.07. The molecule has 11 nitrogen and oxygen atoms in total. The summed E-state index contributed by atoms with van der Waals surface area (Å²) in [6.45, 7) is 3.65. The van der Waals surface area contributed by atoms with Crippen molar-refractivity contribution in [3.05, 3.63) is 78.0 Å². The molecule has 2 aromatic carbocycles. The molecule has 1 aliphatic rings. The minimum absolute atomic E-state index is 0.0623. The molecule has 40 heavy (non-hydrogen) atoms. The van der Waals surface area contributed by atoms with E-state index in [0.29, 0.717) is 31.3 Å². The van der Waals surface area contributed by atoms with Crippen LogP contribution in [0.1, 0.15) is 29.4 Å². The largest absolute Gasteiger partial charge is 0.450 e. The highest BCUT2D eigenvalue weighted by Crippen LogP contribution is 2.19. The van der Waals surface area contributed by atoms with Gasteiger partial charge in [-0.1, -0.05) is 60.7 Å². The number of nitrogens with one attached hydrogen (secondary N) is 2. The Morgan fingerprint density at radius 1 is 0.975 bits per heavy atom. The first-order valence-corrected chi connectivity index (χ1v) is 13.1. The molecule has 2 N–H and O–H groups in total. The second kappa shape index (κ2) is 13.7. The molecular formula is C29H31N7O4. The molecule has 4 rings (SSSR count). The number of piperazine rings is 1. The highest BCUT2D eigenvalue weighted by molar-refractivity contribution is 5.97. The molecule has 0 aliphatic carbocycles. The lowest BCUT2D eigenvalue weighted by Gasteiger charge is -2.35. The molecule has 1 fully saturated rings. The molecule has 11 heteroatoms. The zero-order valence-electron chi connectivity index (χ0n) is 22.2.